The van der Waals surface area contributed by atoms with E-state index in [2.05, 4.69) is 0 Å². The topological polar surface area (TPSA) is 68.2 Å². The van der Waals surface area contributed by atoms with Gasteiger partial charge in [-0.1, -0.05) is 0 Å². The molecule has 0 aromatic heterocycles. The molecule has 4 atom stereocenters. The highest BCUT2D eigenvalue weighted by atomic mass is 16.8. The average Bonchev–Trinajstić information content (AvgIpc) is 2.47. The number of ether oxygens (including phenoxy) is 3. The highest BCUT2D eigenvalue weighted by molar-refractivity contribution is 4.92. The van der Waals surface area contributed by atoms with Gasteiger partial charge in [0, 0.05) is 0 Å². The van der Waals surface area contributed by atoms with E-state index in [0.717, 1.165) is 0 Å². The SMILES string of the molecule is CC1(C)O[C@H]2O[C@@H](CO)[C@@H](O)[C@@H]2O1. The van der Waals surface area contributed by atoms with Crippen LogP contribution in [0.4, 0.5) is 0 Å². The van der Waals surface area contributed by atoms with Gasteiger partial charge in [0.2, 0.25) is 0 Å². The Bertz CT molecular complexity index is 205. The number of hydrogen-bond donors (Lipinski definition) is 2. The first-order valence-corrected chi connectivity index (χ1v) is 4.33. The van der Waals surface area contributed by atoms with Crippen LogP contribution in [0.25, 0.3) is 0 Å². The molecule has 13 heavy (non-hydrogen) atoms. The van der Waals surface area contributed by atoms with Crippen LogP contribution in [0.1, 0.15) is 13.8 Å². The molecule has 0 aromatic rings. The van der Waals surface area contributed by atoms with Gasteiger partial charge >= 0.3 is 0 Å². The third-order valence-electron chi connectivity index (χ3n) is 2.29. The quantitative estimate of drug-likeness (QED) is 0.567. The molecule has 0 aliphatic carbocycles. The Morgan fingerprint density at radius 1 is 1.31 bits per heavy atom. The third kappa shape index (κ3) is 1.47. The van der Waals surface area contributed by atoms with Crippen LogP contribution >= 0.6 is 0 Å². The van der Waals surface area contributed by atoms with Crippen LogP contribution in [-0.4, -0.2) is 47.2 Å². The fraction of sp³-hybridized carbons (Fsp3) is 1.00. The fourth-order valence-corrected chi connectivity index (χ4v) is 1.71. The molecule has 0 spiro atoms. The maximum absolute atomic E-state index is 9.60. The summed E-state index contributed by atoms with van der Waals surface area (Å²) in [7, 11) is 0. The molecule has 76 valence electrons. The van der Waals surface area contributed by atoms with E-state index in [1.54, 1.807) is 13.8 Å². The van der Waals surface area contributed by atoms with Crippen molar-refractivity contribution in [1.82, 2.24) is 0 Å². The predicted molar refractivity (Wildman–Crippen MR) is 41.8 cm³/mol. The first-order chi connectivity index (χ1) is 6.03. The Kier molecular flexibility index (Phi) is 2.08. The van der Waals surface area contributed by atoms with Gasteiger partial charge in [-0.15, -0.1) is 0 Å². The van der Waals surface area contributed by atoms with Gasteiger partial charge in [0.25, 0.3) is 0 Å². The van der Waals surface area contributed by atoms with Crippen LogP contribution in [-0.2, 0) is 14.2 Å². The number of aliphatic hydroxyl groups is 2. The number of aliphatic hydroxyl groups excluding tert-OH is 2. The summed E-state index contributed by atoms with van der Waals surface area (Å²) in [4.78, 5) is 0. The molecule has 5 nitrogen and oxygen atoms in total. The van der Waals surface area contributed by atoms with E-state index in [1.807, 2.05) is 0 Å². The van der Waals surface area contributed by atoms with E-state index < -0.39 is 30.4 Å². The average molecular weight is 190 g/mol. The number of fused-ring (bicyclic) bond motifs is 1. The molecule has 0 saturated carbocycles. The molecule has 0 aromatic carbocycles. The summed E-state index contributed by atoms with van der Waals surface area (Å²) in [5.74, 6) is -0.712. The Morgan fingerprint density at radius 3 is 2.54 bits per heavy atom. The van der Waals surface area contributed by atoms with Gasteiger partial charge in [-0.25, -0.2) is 0 Å². The number of rotatable bonds is 1. The van der Waals surface area contributed by atoms with Crippen molar-refractivity contribution < 1.29 is 24.4 Å². The Labute approximate surface area is 76.2 Å². The zero-order valence-electron chi connectivity index (χ0n) is 7.64. The molecule has 0 bridgehead atoms. The minimum Gasteiger partial charge on any atom is -0.394 e. The lowest BCUT2D eigenvalue weighted by Gasteiger charge is -2.21. The first-order valence-electron chi connectivity index (χ1n) is 4.33. The first kappa shape index (κ1) is 9.36. The van der Waals surface area contributed by atoms with Crippen molar-refractivity contribution in [3.05, 3.63) is 0 Å². The van der Waals surface area contributed by atoms with E-state index in [-0.39, 0.29) is 6.61 Å². The molecule has 5 heteroatoms. The largest absolute Gasteiger partial charge is 0.394 e. The molecule has 2 rings (SSSR count). The van der Waals surface area contributed by atoms with E-state index in [0.29, 0.717) is 0 Å². The molecule has 0 radical (unpaired) electrons. The second-order valence-electron chi connectivity index (χ2n) is 3.82. The molecule has 0 unspecified atom stereocenters. The molecular weight excluding hydrogens is 176 g/mol. The van der Waals surface area contributed by atoms with Crippen LogP contribution in [0.15, 0.2) is 0 Å². The molecule has 2 N–H and O–H groups in total. The molecule has 0 amide bonds. The minimum absolute atomic E-state index is 0.221. The Hall–Kier alpha value is -0.200. The second-order valence-corrected chi connectivity index (χ2v) is 3.82. The van der Waals surface area contributed by atoms with Crippen LogP contribution in [0.2, 0.25) is 0 Å². The van der Waals surface area contributed by atoms with Gasteiger partial charge in [-0.3, -0.25) is 0 Å². The molecule has 2 heterocycles. The van der Waals surface area contributed by atoms with Crippen molar-refractivity contribution in [2.75, 3.05) is 6.61 Å². The number of hydrogen-bond acceptors (Lipinski definition) is 5. The zero-order valence-corrected chi connectivity index (χ0v) is 7.64. The fourth-order valence-electron chi connectivity index (χ4n) is 1.71. The van der Waals surface area contributed by atoms with Crippen LogP contribution in [0.5, 0.6) is 0 Å². The smallest absolute Gasteiger partial charge is 0.190 e. The van der Waals surface area contributed by atoms with Crippen molar-refractivity contribution in [3.63, 3.8) is 0 Å². The van der Waals surface area contributed by atoms with E-state index >= 15 is 0 Å². The summed E-state index contributed by atoms with van der Waals surface area (Å²) in [5, 5.41) is 18.4. The van der Waals surface area contributed by atoms with Gasteiger partial charge in [0.05, 0.1) is 6.61 Å². The summed E-state index contributed by atoms with van der Waals surface area (Å²) in [6, 6.07) is 0. The van der Waals surface area contributed by atoms with E-state index in [9.17, 15) is 5.11 Å². The standard InChI is InChI=1S/C8H14O5/c1-8(2)12-6-5(10)4(3-9)11-7(6)13-8/h4-7,9-10H,3H2,1-2H3/t4-,5+,6-,7+/m0/s1. The van der Waals surface area contributed by atoms with Crippen LogP contribution in [0.3, 0.4) is 0 Å². The van der Waals surface area contributed by atoms with Crippen molar-refractivity contribution in [3.8, 4) is 0 Å². The van der Waals surface area contributed by atoms with Gasteiger partial charge in [-0.05, 0) is 13.8 Å². The van der Waals surface area contributed by atoms with Crippen molar-refractivity contribution >= 4 is 0 Å². The summed E-state index contributed by atoms with van der Waals surface area (Å²) in [6.45, 7) is 3.30. The minimum atomic E-state index is -0.809. The lowest BCUT2D eigenvalue weighted by atomic mass is 10.1. The Morgan fingerprint density at radius 2 is 2.00 bits per heavy atom. The Balaban J connectivity index is 2.07. The summed E-state index contributed by atoms with van der Waals surface area (Å²) in [6.07, 6.45) is -2.43. The summed E-state index contributed by atoms with van der Waals surface area (Å²) < 4.78 is 16.0. The van der Waals surface area contributed by atoms with E-state index in [4.69, 9.17) is 19.3 Å². The van der Waals surface area contributed by atoms with Gasteiger partial charge in [-0.2, -0.15) is 0 Å². The van der Waals surface area contributed by atoms with Gasteiger partial charge < -0.3 is 24.4 Å². The molecular formula is C8H14O5. The summed E-state index contributed by atoms with van der Waals surface area (Å²) in [5.41, 5.74) is 0. The monoisotopic (exact) mass is 190 g/mol. The highest BCUT2D eigenvalue weighted by Gasteiger charge is 2.53. The molecule has 2 fully saturated rings. The molecule has 2 aliphatic heterocycles. The summed E-state index contributed by atoms with van der Waals surface area (Å²) >= 11 is 0. The predicted octanol–water partition coefficient (Wildman–Crippen LogP) is -0.784. The molecule has 2 saturated heterocycles. The highest BCUT2D eigenvalue weighted by Crippen LogP contribution is 2.36. The van der Waals surface area contributed by atoms with Crippen molar-refractivity contribution in [2.24, 2.45) is 0 Å². The second kappa shape index (κ2) is 2.90. The lowest BCUT2D eigenvalue weighted by molar-refractivity contribution is -0.218. The van der Waals surface area contributed by atoms with Gasteiger partial charge in [0.1, 0.15) is 18.3 Å². The van der Waals surface area contributed by atoms with Crippen molar-refractivity contribution in [1.29, 1.82) is 0 Å². The zero-order chi connectivity index (χ0) is 9.64. The van der Waals surface area contributed by atoms with Crippen LogP contribution in [0, 0.1) is 0 Å². The van der Waals surface area contributed by atoms with Gasteiger partial charge in [0.15, 0.2) is 12.1 Å². The maximum atomic E-state index is 9.60. The van der Waals surface area contributed by atoms with Crippen molar-refractivity contribution in [2.45, 2.75) is 44.2 Å². The molecule has 2 aliphatic rings. The maximum Gasteiger partial charge on any atom is 0.190 e. The normalized spacial score (nSPS) is 48.0. The third-order valence-corrected chi connectivity index (χ3v) is 2.29. The van der Waals surface area contributed by atoms with Crippen LogP contribution < -0.4 is 0 Å². The lowest BCUT2D eigenvalue weighted by Crippen LogP contribution is -2.36. The van der Waals surface area contributed by atoms with E-state index in [1.165, 1.54) is 0 Å².